The number of rotatable bonds is 1. The fourth-order valence-corrected chi connectivity index (χ4v) is 2.09. The van der Waals surface area contributed by atoms with Gasteiger partial charge in [0.15, 0.2) is 0 Å². The zero-order valence-corrected chi connectivity index (χ0v) is 7.69. The number of aromatic nitrogens is 2. The van der Waals surface area contributed by atoms with Crippen LogP contribution in [0, 0.1) is 0 Å². The maximum atomic E-state index is 4.02. The van der Waals surface area contributed by atoms with Gasteiger partial charge < -0.3 is 0 Å². The second-order valence-electron chi connectivity index (χ2n) is 2.72. The van der Waals surface area contributed by atoms with E-state index in [-0.39, 0.29) is 10.5 Å². The van der Waals surface area contributed by atoms with Crippen LogP contribution in [0.5, 0.6) is 0 Å². The van der Waals surface area contributed by atoms with Crippen molar-refractivity contribution in [3.05, 3.63) is 24.4 Å². The van der Waals surface area contributed by atoms with Crippen LogP contribution in [0.25, 0.3) is 10.9 Å². The molecule has 0 saturated carbocycles. The minimum absolute atomic E-state index is 0.0581. The molecular formula is C9H10N2S. The summed E-state index contributed by atoms with van der Waals surface area (Å²) in [6, 6.07) is 6.16. The molecule has 62 valence electrons. The van der Waals surface area contributed by atoms with Gasteiger partial charge in [-0.2, -0.15) is 15.6 Å². The number of fused-ring (bicyclic) bond motifs is 1. The van der Waals surface area contributed by atoms with Crippen LogP contribution in [0.3, 0.4) is 0 Å². The molecule has 2 rings (SSSR count). The Morgan fingerprint density at radius 2 is 2.33 bits per heavy atom. The quantitative estimate of drug-likeness (QED) is 0.667. The Hall–Kier alpha value is -1.09. The van der Waals surface area contributed by atoms with Crippen LogP contribution in [0.4, 0.5) is 0 Å². The summed E-state index contributed by atoms with van der Waals surface area (Å²) in [5.74, 6) is 4.02. The normalized spacial score (nSPS) is 13.4. The Labute approximate surface area is 73.5 Å². The molecule has 1 aromatic heterocycles. The third-order valence-corrected chi connectivity index (χ3v) is 2.93. The van der Waals surface area contributed by atoms with Crippen molar-refractivity contribution in [3.8, 4) is 0 Å². The fourth-order valence-electron chi connectivity index (χ4n) is 1.24. The summed E-state index contributed by atoms with van der Waals surface area (Å²) in [6.45, 7) is 0. The average molecular weight is 178 g/mol. The molecule has 0 saturated heterocycles. The van der Waals surface area contributed by atoms with Crippen molar-refractivity contribution < 1.29 is 0 Å². The summed E-state index contributed by atoms with van der Waals surface area (Å²) in [5, 5.41) is 8.13. The van der Waals surface area contributed by atoms with Crippen molar-refractivity contribution in [3.63, 3.8) is 0 Å². The van der Waals surface area contributed by atoms with Crippen molar-refractivity contribution in [1.82, 2.24) is 10.2 Å². The predicted molar refractivity (Wildman–Crippen MR) is 55.0 cm³/mol. The van der Waals surface area contributed by atoms with E-state index in [1.807, 2.05) is 18.3 Å². The first-order valence-corrected chi connectivity index (χ1v) is 5.47. The summed E-state index contributed by atoms with van der Waals surface area (Å²) >= 11 is 0. The number of nitrogens with zero attached hydrogens (tertiary/aromatic N) is 1. The zero-order valence-electron chi connectivity index (χ0n) is 6.87. The van der Waals surface area contributed by atoms with Crippen LogP contribution in [0.1, 0.15) is 0 Å². The Bertz CT molecular complexity index is 431. The molecular weight excluding hydrogens is 168 g/mol. The highest BCUT2D eigenvalue weighted by atomic mass is 32.2. The first-order valence-electron chi connectivity index (χ1n) is 3.67. The van der Waals surface area contributed by atoms with Crippen LogP contribution in [0.2, 0.25) is 0 Å². The molecule has 0 fully saturated rings. The molecule has 1 atom stereocenters. The molecule has 0 amide bonds. The molecule has 0 aliphatic heterocycles. The van der Waals surface area contributed by atoms with Gasteiger partial charge in [-0.3, -0.25) is 5.10 Å². The summed E-state index contributed by atoms with van der Waals surface area (Å²) in [5.41, 5.74) is 1.09. The van der Waals surface area contributed by atoms with Crippen molar-refractivity contribution in [2.24, 2.45) is 0 Å². The Morgan fingerprint density at radius 1 is 1.50 bits per heavy atom. The standard InChI is InChI=1S/C9H10N2S/c1-12(2)9-5-3-4-8-7(9)6-10-11-8/h3-6H,1H2,2H3,(H,10,11). The zero-order chi connectivity index (χ0) is 8.55. The van der Waals surface area contributed by atoms with Crippen LogP contribution < -0.4 is 0 Å². The number of H-pyrrole nitrogens is 1. The molecule has 1 aromatic carbocycles. The SMILES string of the molecule is C=S(C)c1cccc2[nH]ncc12. The van der Waals surface area contributed by atoms with E-state index in [0.717, 1.165) is 5.52 Å². The molecule has 0 aliphatic carbocycles. The highest BCUT2D eigenvalue weighted by molar-refractivity contribution is 8.13. The minimum atomic E-state index is 0.0581. The molecule has 1 unspecified atom stereocenters. The molecule has 0 bridgehead atoms. The van der Waals surface area contributed by atoms with Crippen LogP contribution in [-0.2, 0) is 0 Å². The van der Waals surface area contributed by atoms with E-state index in [0.29, 0.717) is 0 Å². The third kappa shape index (κ3) is 1.06. The van der Waals surface area contributed by atoms with Crippen molar-refractivity contribution in [2.75, 3.05) is 6.26 Å². The molecule has 3 heteroatoms. The highest BCUT2D eigenvalue weighted by Crippen LogP contribution is 2.27. The molecule has 1 heterocycles. The molecule has 2 aromatic rings. The number of hydrogen-bond donors (Lipinski definition) is 1. The van der Waals surface area contributed by atoms with E-state index < -0.39 is 0 Å². The van der Waals surface area contributed by atoms with Gasteiger partial charge in [-0.15, -0.1) is 0 Å². The molecule has 0 radical (unpaired) electrons. The lowest BCUT2D eigenvalue weighted by atomic mass is 10.3. The highest BCUT2D eigenvalue weighted by Gasteiger charge is 2.00. The van der Waals surface area contributed by atoms with Gasteiger partial charge in [0.1, 0.15) is 0 Å². The van der Waals surface area contributed by atoms with Crippen molar-refractivity contribution in [1.29, 1.82) is 0 Å². The molecule has 12 heavy (non-hydrogen) atoms. The topological polar surface area (TPSA) is 28.7 Å². The van der Waals surface area contributed by atoms with Gasteiger partial charge in [0.2, 0.25) is 0 Å². The predicted octanol–water partition coefficient (Wildman–Crippen LogP) is 2.25. The van der Waals surface area contributed by atoms with Crippen molar-refractivity contribution in [2.45, 2.75) is 4.90 Å². The van der Waals surface area contributed by atoms with Crippen LogP contribution in [0.15, 0.2) is 29.3 Å². The van der Waals surface area contributed by atoms with Crippen LogP contribution in [-0.4, -0.2) is 22.3 Å². The number of benzene rings is 1. The van der Waals surface area contributed by atoms with Gasteiger partial charge in [0, 0.05) is 10.3 Å². The second-order valence-corrected chi connectivity index (χ2v) is 4.44. The first kappa shape index (κ1) is 7.55. The first-order chi connectivity index (χ1) is 5.79. The lowest BCUT2D eigenvalue weighted by Crippen LogP contribution is -1.74. The van der Waals surface area contributed by atoms with E-state index in [4.69, 9.17) is 0 Å². The monoisotopic (exact) mass is 178 g/mol. The summed E-state index contributed by atoms with van der Waals surface area (Å²) in [7, 11) is 0.0581. The van der Waals surface area contributed by atoms with Gasteiger partial charge in [0.05, 0.1) is 11.7 Å². The number of hydrogen-bond acceptors (Lipinski definition) is 1. The van der Waals surface area contributed by atoms with Gasteiger partial charge >= 0.3 is 0 Å². The van der Waals surface area contributed by atoms with E-state index in [1.54, 1.807) is 0 Å². The average Bonchev–Trinajstić information content (AvgIpc) is 2.49. The van der Waals surface area contributed by atoms with Gasteiger partial charge in [-0.25, -0.2) is 0 Å². The maximum absolute atomic E-state index is 4.02. The van der Waals surface area contributed by atoms with E-state index in [2.05, 4.69) is 28.4 Å². The largest absolute Gasteiger partial charge is 0.278 e. The summed E-state index contributed by atoms with van der Waals surface area (Å²) in [4.78, 5) is 1.28. The third-order valence-electron chi connectivity index (χ3n) is 1.82. The minimum Gasteiger partial charge on any atom is -0.278 e. The second kappa shape index (κ2) is 2.75. The lowest BCUT2D eigenvalue weighted by Gasteiger charge is -2.00. The van der Waals surface area contributed by atoms with E-state index in [1.165, 1.54) is 10.3 Å². The molecule has 0 spiro atoms. The smallest absolute Gasteiger partial charge is 0.0661 e. The summed E-state index contributed by atoms with van der Waals surface area (Å²) in [6.07, 6.45) is 3.97. The summed E-state index contributed by atoms with van der Waals surface area (Å²) < 4.78 is 0. The molecule has 1 N–H and O–H groups in total. The van der Waals surface area contributed by atoms with E-state index in [9.17, 15) is 0 Å². The molecule has 0 aliphatic rings. The number of nitrogens with one attached hydrogen (secondary N) is 1. The molecule has 2 nitrogen and oxygen atoms in total. The Morgan fingerprint density at radius 3 is 3.08 bits per heavy atom. The van der Waals surface area contributed by atoms with Crippen LogP contribution >= 0.6 is 10.5 Å². The number of aromatic amines is 1. The van der Waals surface area contributed by atoms with Gasteiger partial charge in [-0.1, -0.05) is 11.9 Å². The van der Waals surface area contributed by atoms with Crippen molar-refractivity contribution >= 4 is 27.3 Å². The lowest BCUT2D eigenvalue weighted by molar-refractivity contribution is 1.12. The Kier molecular flexibility index (Phi) is 1.73. The Balaban J connectivity index is 2.82. The maximum Gasteiger partial charge on any atom is 0.0661 e. The fraction of sp³-hybridized carbons (Fsp3) is 0.111. The van der Waals surface area contributed by atoms with Gasteiger partial charge in [-0.05, 0) is 18.4 Å². The van der Waals surface area contributed by atoms with Gasteiger partial charge in [0.25, 0.3) is 0 Å². The van der Waals surface area contributed by atoms with E-state index >= 15 is 0 Å².